The average Bonchev–Trinajstić information content (AvgIpc) is 2.72. The zero-order valence-electron chi connectivity index (χ0n) is 15.0. The number of aromatic nitrogens is 2. The van der Waals surface area contributed by atoms with Crippen LogP contribution in [0, 0.1) is 10.1 Å². The number of amides is 1. The lowest BCUT2D eigenvalue weighted by Gasteiger charge is -2.11. The minimum atomic E-state index is -1.10. The molecule has 11 nitrogen and oxygen atoms in total. The Morgan fingerprint density at radius 3 is 2.17 bits per heavy atom. The lowest BCUT2D eigenvalue weighted by Crippen LogP contribution is -2.30. The smallest absolute Gasteiger partial charge is 0.355 e. The quantitative estimate of drug-likeness (QED) is 0.327. The molecule has 0 saturated carbocycles. The minimum absolute atomic E-state index is 0.0602. The number of carbonyl (C=O) groups excluding carboxylic acids is 1. The molecular weight excluding hydrogens is 416 g/mol. The van der Waals surface area contributed by atoms with Crippen molar-refractivity contribution in [2.24, 2.45) is 0 Å². The zero-order chi connectivity index (χ0) is 21.7. The fraction of sp³-hybridized carbons (Fsp3) is 0. The van der Waals surface area contributed by atoms with Crippen molar-refractivity contribution in [3.63, 3.8) is 0 Å². The molecule has 0 atom stereocenters. The van der Waals surface area contributed by atoms with Crippen LogP contribution in [-0.4, -0.2) is 31.9 Å². The topological polar surface area (TPSA) is 159 Å². The summed E-state index contributed by atoms with van der Waals surface area (Å²) in [5.41, 5.74) is 4.93. The van der Waals surface area contributed by atoms with Crippen LogP contribution < -0.4 is 16.2 Å². The van der Waals surface area contributed by atoms with E-state index in [2.05, 4.69) is 26.1 Å². The van der Waals surface area contributed by atoms with Crippen molar-refractivity contribution < 1.29 is 19.6 Å². The Morgan fingerprint density at radius 2 is 1.57 bits per heavy atom. The fourth-order valence-electron chi connectivity index (χ4n) is 2.36. The highest BCUT2D eigenvalue weighted by Crippen LogP contribution is 2.30. The molecule has 3 aromatic rings. The van der Waals surface area contributed by atoms with E-state index in [-0.39, 0.29) is 22.8 Å². The highest BCUT2D eigenvalue weighted by molar-refractivity contribution is 6.30. The molecule has 0 unspecified atom stereocenters. The number of hydrogen-bond acceptors (Lipinski definition) is 8. The Kier molecular flexibility index (Phi) is 6.03. The summed E-state index contributed by atoms with van der Waals surface area (Å²) in [5, 5.41) is 23.7. The number of carboxylic acids is 1. The maximum absolute atomic E-state index is 12.2. The number of nitrogens with zero attached hydrogens (tertiary/aromatic N) is 3. The molecule has 0 bridgehead atoms. The number of rotatable bonds is 7. The number of benzene rings is 2. The van der Waals surface area contributed by atoms with Crippen LogP contribution in [0.5, 0.6) is 0 Å². The van der Waals surface area contributed by atoms with Crippen molar-refractivity contribution in [2.75, 3.05) is 10.7 Å². The molecule has 0 aliphatic heterocycles. The predicted molar refractivity (Wildman–Crippen MR) is 108 cm³/mol. The van der Waals surface area contributed by atoms with Crippen LogP contribution in [0.1, 0.15) is 20.7 Å². The van der Waals surface area contributed by atoms with E-state index in [9.17, 15) is 19.7 Å². The number of nitro groups is 1. The number of carbonyl (C=O) groups is 2. The number of aromatic carboxylic acids is 1. The van der Waals surface area contributed by atoms with Gasteiger partial charge in [0.2, 0.25) is 11.6 Å². The van der Waals surface area contributed by atoms with Gasteiger partial charge in [-0.2, -0.15) is 0 Å². The van der Waals surface area contributed by atoms with Gasteiger partial charge < -0.3 is 10.4 Å². The molecule has 152 valence electrons. The summed E-state index contributed by atoms with van der Waals surface area (Å²) in [6, 6.07) is 11.6. The van der Waals surface area contributed by atoms with Gasteiger partial charge in [0.25, 0.3) is 5.91 Å². The molecule has 1 heterocycles. The Morgan fingerprint density at radius 1 is 0.967 bits per heavy atom. The van der Waals surface area contributed by atoms with Crippen LogP contribution >= 0.6 is 11.6 Å². The van der Waals surface area contributed by atoms with Gasteiger partial charge >= 0.3 is 11.7 Å². The Balaban J connectivity index is 1.80. The molecule has 0 radical (unpaired) electrons. The summed E-state index contributed by atoms with van der Waals surface area (Å²) < 4.78 is 0. The predicted octanol–water partition coefficient (Wildman–Crippen LogP) is 3.24. The van der Waals surface area contributed by atoms with Gasteiger partial charge in [0, 0.05) is 16.3 Å². The number of carboxylic acid groups (broad SMARTS) is 1. The average molecular weight is 429 g/mol. The van der Waals surface area contributed by atoms with Gasteiger partial charge in [-0.25, -0.2) is 14.8 Å². The molecule has 4 N–H and O–H groups in total. The molecule has 0 aliphatic carbocycles. The van der Waals surface area contributed by atoms with Crippen molar-refractivity contribution in [3.05, 3.63) is 81.1 Å². The first-order valence-corrected chi connectivity index (χ1v) is 8.64. The molecule has 0 spiro atoms. The van der Waals surface area contributed by atoms with E-state index in [1.54, 1.807) is 0 Å². The van der Waals surface area contributed by atoms with Crippen LogP contribution in [0.3, 0.4) is 0 Å². The van der Waals surface area contributed by atoms with E-state index in [1.807, 2.05) is 0 Å². The molecule has 12 heteroatoms. The van der Waals surface area contributed by atoms with Gasteiger partial charge in [-0.1, -0.05) is 11.6 Å². The lowest BCUT2D eigenvalue weighted by molar-refractivity contribution is -0.383. The van der Waals surface area contributed by atoms with E-state index in [4.69, 9.17) is 16.7 Å². The Hall–Kier alpha value is -4.25. The third-order valence-electron chi connectivity index (χ3n) is 3.80. The van der Waals surface area contributed by atoms with Gasteiger partial charge in [-0.15, -0.1) is 0 Å². The van der Waals surface area contributed by atoms with E-state index < -0.39 is 22.5 Å². The second-order valence-electron chi connectivity index (χ2n) is 5.77. The number of hydrazine groups is 1. The van der Waals surface area contributed by atoms with Gasteiger partial charge in [-0.3, -0.25) is 25.8 Å². The van der Waals surface area contributed by atoms with Crippen LogP contribution in [-0.2, 0) is 0 Å². The fourth-order valence-corrected chi connectivity index (χ4v) is 2.48. The summed E-state index contributed by atoms with van der Waals surface area (Å²) in [4.78, 5) is 41.6. The first-order valence-electron chi connectivity index (χ1n) is 8.27. The molecule has 30 heavy (non-hydrogen) atoms. The second-order valence-corrected chi connectivity index (χ2v) is 6.21. The van der Waals surface area contributed by atoms with Crippen molar-refractivity contribution in [2.45, 2.75) is 0 Å². The minimum Gasteiger partial charge on any atom is -0.478 e. The molecule has 3 rings (SSSR count). The highest BCUT2D eigenvalue weighted by Gasteiger charge is 2.24. The van der Waals surface area contributed by atoms with E-state index >= 15 is 0 Å². The number of halogens is 1. The molecule has 0 saturated heterocycles. The van der Waals surface area contributed by atoms with Crippen LogP contribution in [0.2, 0.25) is 5.02 Å². The summed E-state index contributed by atoms with van der Waals surface area (Å²) in [5.74, 6) is -2.06. The van der Waals surface area contributed by atoms with Crippen LogP contribution in [0.25, 0.3) is 0 Å². The third-order valence-corrected chi connectivity index (χ3v) is 4.05. The largest absolute Gasteiger partial charge is 0.478 e. The van der Waals surface area contributed by atoms with Gasteiger partial charge in [-0.05, 0) is 48.5 Å². The summed E-state index contributed by atoms with van der Waals surface area (Å²) >= 11 is 5.78. The van der Waals surface area contributed by atoms with Crippen LogP contribution in [0.4, 0.5) is 23.0 Å². The molecule has 1 amide bonds. The van der Waals surface area contributed by atoms with Crippen molar-refractivity contribution >= 4 is 46.5 Å². The van der Waals surface area contributed by atoms with Gasteiger partial charge in [0.1, 0.15) is 6.33 Å². The van der Waals surface area contributed by atoms with Gasteiger partial charge in [0.15, 0.2) is 0 Å². The normalized spacial score (nSPS) is 10.2. The Bertz CT molecular complexity index is 1110. The number of nitrogens with one attached hydrogen (secondary N) is 3. The molecule has 1 aromatic heterocycles. The van der Waals surface area contributed by atoms with E-state index in [1.165, 1.54) is 48.5 Å². The van der Waals surface area contributed by atoms with E-state index in [0.717, 1.165) is 6.33 Å². The molecule has 0 aliphatic rings. The van der Waals surface area contributed by atoms with Crippen molar-refractivity contribution in [3.8, 4) is 0 Å². The molecule has 0 fully saturated rings. The number of anilines is 3. The first kappa shape index (κ1) is 20.5. The standard InChI is InChI=1S/C18H13ClN6O5/c19-12-5-1-10(2-6-12)17(26)24-23-16-14(25(29)30)15(20-9-21-16)22-13-7-3-11(4-8-13)18(27)28/h1-9H,(H,24,26)(H,27,28)(H2,20,21,22,23). The summed E-state index contributed by atoms with van der Waals surface area (Å²) in [6.07, 6.45) is 1.07. The molecule has 2 aromatic carbocycles. The summed E-state index contributed by atoms with van der Waals surface area (Å²) in [7, 11) is 0. The monoisotopic (exact) mass is 428 g/mol. The number of hydrogen-bond donors (Lipinski definition) is 4. The third kappa shape index (κ3) is 4.77. The van der Waals surface area contributed by atoms with Crippen LogP contribution in [0.15, 0.2) is 54.9 Å². The SMILES string of the molecule is O=C(O)c1ccc(Nc2ncnc(NNC(=O)c3ccc(Cl)cc3)c2[N+](=O)[O-])cc1. The lowest BCUT2D eigenvalue weighted by atomic mass is 10.2. The maximum atomic E-state index is 12.2. The molecular formula is C18H13ClN6O5. The van der Waals surface area contributed by atoms with Crippen molar-refractivity contribution in [1.82, 2.24) is 15.4 Å². The van der Waals surface area contributed by atoms with Crippen molar-refractivity contribution in [1.29, 1.82) is 0 Å². The maximum Gasteiger partial charge on any atom is 0.355 e. The van der Waals surface area contributed by atoms with Gasteiger partial charge in [0.05, 0.1) is 10.5 Å². The highest BCUT2D eigenvalue weighted by atomic mass is 35.5. The second kappa shape index (κ2) is 8.84. The van der Waals surface area contributed by atoms with E-state index in [0.29, 0.717) is 10.7 Å². The first-order chi connectivity index (χ1) is 14.3. The zero-order valence-corrected chi connectivity index (χ0v) is 15.8. The Labute approximate surface area is 173 Å². The summed E-state index contributed by atoms with van der Waals surface area (Å²) in [6.45, 7) is 0.